The van der Waals surface area contributed by atoms with Gasteiger partial charge in [-0.1, -0.05) is 0 Å². The zero-order valence-electron chi connectivity index (χ0n) is 21.1. The number of carbonyl (C=O) groups is 2. The maximum atomic E-state index is 12.3. The molecule has 2 aromatic rings. The third-order valence-corrected chi connectivity index (χ3v) is 5.16. The van der Waals surface area contributed by atoms with Crippen LogP contribution in [0, 0.1) is 0 Å². The highest BCUT2D eigenvalue weighted by molar-refractivity contribution is 7.89. The Morgan fingerprint density at radius 1 is 0.703 bits per heavy atom. The third kappa shape index (κ3) is 10.2. The first-order valence-electron chi connectivity index (χ1n) is 10.8. The summed E-state index contributed by atoms with van der Waals surface area (Å²) in [6.07, 6.45) is 1.08. The van der Waals surface area contributed by atoms with Crippen molar-refractivity contribution in [2.45, 2.75) is 39.9 Å². The van der Waals surface area contributed by atoms with Crippen molar-refractivity contribution in [3.8, 4) is 23.0 Å². The van der Waals surface area contributed by atoms with Crippen molar-refractivity contribution in [3.05, 3.63) is 47.5 Å². The number of hydrogen-bond acceptors (Lipinski definition) is 10. The maximum Gasteiger partial charge on any atom is 0.658 e. The minimum Gasteiger partial charge on any atom is -0.526 e. The molecule has 0 atom stereocenters. The third-order valence-electron chi connectivity index (χ3n) is 4.05. The van der Waals surface area contributed by atoms with Gasteiger partial charge in [-0.25, -0.2) is 26.3 Å². The molecule has 0 spiro atoms. The Labute approximate surface area is 217 Å². The molecule has 0 heterocycles. The molecule has 201 valence electrons. The quantitative estimate of drug-likeness (QED) is 0.368. The van der Waals surface area contributed by atoms with Gasteiger partial charge in [-0.05, 0) is 52.0 Å². The Hall–Kier alpha value is -3.46. The van der Waals surface area contributed by atoms with Gasteiger partial charge in [-0.3, -0.25) is 9.59 Å². The minimum absolute atomic E-state index is 0.00849. The first-order chi connectivity index (χ1) is 17.0. The topological polar surface area (TPSA) is 163 Å². The molecular weight excluding hydrogens is 527 g/mol. The SMILES string of the molecule is CC(C)Oc1cc(O[B]Oc2ccc(C(=O)NS(C)(=O)=O)c(OC(C)C)c2)ccc1C(=O)NS(C)(=O)=O. The molecule has 0 aromatic heterocycles. The van der Waals surface area contributed by atoms with Crippen LogP contribution in [0.2, 0.25) is 0 Å². The number of ether oxygens (including phenoxy) is 2. The van der Waals surface area contributed by atoms with Gasteiger partial charge in [0.05, 0.1) is 35.8 Å². The van der Waals surface area contributed by atoms with E-state index in [1.54, 1.807) is 27.7 Å². The van der Waals surface area contributed by atoms with E-state index < -0.39 is 31.9 Å². The predicted molar refractivity (Wildman–Crippen MR) is 136 cm³/mol. The standard InChI is InChI=1S/C22H28BN2O10S2/c1-13(2)32-19-11-15(7-9-17(19)21(26)24-36(5,28)29)34-23-35-16-8-10-18(20(12-16)33-14(3)4)22(27)25-37(6,30)31/h7-14H,1-6H3,(H,24,26)(H,25,27). The second-order valence-electron chi connectivity index (χ2n) is 8.39. The highest BCUT2D eigenvalue weighted by Crippen LogP contribution is 2.28. The van der Waals surface area contributed by atoms with Gasteiger partial charge in [-0.15, -0.1) is 0 Å². The van der Waals surface area contributed by atoms with E-state index in [9.17, 15) is 26.4 Å². The van der Waals surface area contributed by atoms with Gasteiger partial charge in [0, 0.05) is 12.1 Å². The van der Waals surface area contributed by atoms with Crippen LogP contribution in [0.5, 0.6) is 23.0 Å². The number of rotatable bonds is 12. The fourth-order valence-electron chi connectivity index (χ4n) is 2.81. The number of benzene rings is 2. The average molecular weight is 555 g/mol. The van der Waals surface area contributed by atoms with Gasteiger partial charge < -0.3 is 18.8 Å². The van der Waals surface area contributed by atoms with Gasteiger partial charge in [0.1, 0.15) is 23.0 Å². The van der Waals surface area contributed by atoms with Crippen LogP contribution in [-0.4, -0.2) is 61.1 Å². The zero-order valence-corrected chi connectivity index (χ0v) is 22.7. The molecule has 2 aromatic carbocycles. The zero-order chi connectivity index (χ0) is 28.0. The van der Waals surface area contributed by atoms with Crippen molar-refractivity contribution in [2.24, 2.45) is 0 Å². The summed E-state index contributed by atoms with van der Waals surface area (Å²) in [5, 5.41) is 0. The molecule has 12 nitrogen and oxygen atoms in total. The average Bonchev–Trinajstić information content (AvgIpc) is 2.70. The second-order valence-corrected chi connectivity index (χ2v) is 11.9. The summed E-state index contributed by atoms with van der Waals surface area (Å²) in [6, 6.07) is 8.29. The number of nitrogens with one attached hydrogen (secondary N) is 2. The Kier molecular flexibility index (Phi) is 9.81. The molecule has 15 heteroatoms. The normalized spacial score (nSPS) is 11.6. The van der Waals surface area contributed by atoms with E-state index in [-0.39, 0.29) is 46.3 Å². The molecule has 2 N–H and O–H groups in total. The summed E-state index contributed by atoms with van der Waals surface area (Å²) in [7, 11) is -6.57. The lowest BCUT2D eigenvalue weighted by Crippen LogP contribution is -2.30. The van der Waals surface area contributed by atoms with Crippen molar-refractivity contribution in [1.29, 1.82) is 0 Å². The van der Waals surface area contributed by atoms with E-state index in [2.05, 4.69) is 0 Å². The number of carbonyl (C=O) groups excluding carboxylic acids is 2. The number of hydrogen-bond donors (Lipinski definition) is 2. The molecule has 2 amide bonds. The molecule has 0 saturated heterocycles. The summed E-state index contributed by atoms with van der Waals surface area (Å²) in [4.78, 5) is 24.6. The van der Waals surface area contributed by atoms with Crippen LogP contribution < -0.4 is 28.2 Å². The smallest absolute Gasteiger partial charge is 0.526 e. The summed E-state index contributed by atoms with van der Waals surface area (Å²) in [5.74, 6) is -1.10. The molecule has 0 aliphatic rings. The number of amides is 2. The molecule has 0 aliphatic carbocycles. The van der Waals surface area contributed by atoms with Crippen LogP contribution in [0.3, 0.4) is 0 Å². The molecule has 1 radical (unpaired) electrons. The fraction of sp³-hybridized carbons (Fsp3) is 0.364. The van der Waals surface area contributed by atoms with Crippen molar-refractivity contribution in [3.63, 3.8) is 0 Å². The van der Waals surface area contributed by atoms with Crippen molar-refractivity contribution in [2.75, 3.05) is 12.5 Å². The predicted octanol–water partition coefficient (Wildman–Crippen LogP) is 1.63. The molecule has 2 rings (SSSR count). The van der Waals surface area contributed by atoms with E-state index in [0.717, 1.165) is 20.2 Å². The van der Waals surface area contributed by atoms with Crippen molar-refractivity contribution < 1.29 is 45.2 Å². The summed E-state index contributed by atoms with van der Waals surface area (Å²) < 4.78 is 71.6. The molecular formula is C22H28BN2O10S2. The van der Waals surface area contributed by atoms with Gasteiger partial charge in [0.2, 0.25) is 20.0 Å². The summed E-state index contributed by atoms with van der Waals surface area (Å²) in [5.41, 5.74) is -0.0170. The van der Waals surface area contributed by atoms with Crippen LogP contribution in [-0.2, 0) is 20.0 Å². The highest BCUT2D eigenvalue weighted by atomic mass is 32.2. The fourth-order valence-corrected chi connectivity index (χ4v) is 3.71. The molecule has 0 saturated carbocycles. The maximum absolute atomic E-state index is 12.3. The lowest BCUT2D eigenvalue weighted by atomic mass is 10.1. The van der Waals surface area contributed by atoms with Crippen LogP contribution >= 0.6 is 0 Å². The second kappa shape index (κ2) is 12.2. The van der Waals surface area contributed by atoms with Crippen LogP contribution in [0.1, 0.15) is 48.4 Å². The van der Waals surface area contributed by atoms with E-state index >= 15 is 0 Å². The summed E-state index contributed by atoms with van der Waals surface area (Å²) >= 11 is 0. The van der Waals surface area contributed by atoms with Crippen LogP contribution in [0.25, 0.3) is 0 Å². The van der Waals surface area contributed by atoms with E-state index in [4.69, 9.17) is 18.8 Å². The summed E-state index contributed by atoms with van der Waals surface area (Å²) in [6.45, 7) is 6.94. The molecule has 0 bridgehead atoms. The van der Waals surface area contributed by atoms with E-state index in [0.29, 0.717) is 0 Å². The van der Waals surface area contributed by atoms with Crippen molar-refractivity contribution in [1.82, 2.24) is 9.44 Å². The van der Waals surface area contributed by atoms with Gasteiger partial charge >= 0.3 is 7.69 Å². The molecule has 0 aliphatic heterocycles. The Morgan fingerprint density at radius 3 is 1.35 bits per heavy atom. The number of sulfonamides is 2. The minimum atomic E-state index is -3.78. The van der Waals surface area contributed by atoms with Gasteiger partial charge in [-0.2, -0.15) is 0 Å². The molecule has 0 unspecified atom stereocenters. The lowest BCUT2D eigenvalue weighted by Gasteiger charge is -2.16. The first kappa shape index (κ1) is 29.8. The Balaban J connectivity index is 2.19. The highest BCUT2D eigenvalue weighted by Gasteiger charge is 2.20. The van der Waals surface area contributed by atoms with Gasteiger partial charge in [0.25, 0.3) is 11.8 Å². The van der Waals surface area contributed by atoms with Crippen LogP contribution in [0.4, 0.5) is 0 Å². The Bertz CT molecular complexity index is 1260. The monoisotopic (exact) mass is 555 g/mol. The van der Waals surface area contributed by atoms with Gasteiger partial charge in [0.15, 0.2) is 0 Å². The molecule has 37 heavy (non-hydrogen) atoms. The van der Waals surface area contributed by atoms with Crippen LogP contribution in [0.15, 0.2) is 36.4 Å². The van der Waals surface area contributed by atoms with E-state index in [1.807, 2.05) is 9.44 Å². The first-order valence-corrected chi connectivity index (χ1v) is 14.6. The Morgan fingerprint density at radius 2 is 1.05 bits per heavy atom. The largest absolute Gasteiger partial charge is 0.658 e. The van der Waals surface area contributed by atoms with E-state index in [1.165, 1.54) is 36.4 Å². The lowest BCUT2D eigenvalue weighted by molar-refractivity contribution is 0.0966. The van der Waals surface area contributed by atoms with Crippen molar-refractivity contribution >= 4 is 39.5 Å². The molecule has 0 fully saturated rings.